The van der Waals surface area contributed by atoms with Crippen LogP contribution in [0.1, 0.15) is 69.1 Å². The van der Waals surface area contributed by atoms with E-state index >= 15 is 0 Å². The van der Waals surface area contributed by atoms with Crippen LogP contribution in [0.15, 0.2) is 12.1 Å². The molecule has 0 saturated heterocycles. The zero-order valence-electron chi connectivity index (χ0n) is 16.7. The second kappa shape index (κ2) is 10.3. The van der Waals surface area contributed by atoms with E-state index in [2.05, 4.69) is 26.0 Å². The van der Waals surface area contributed by atoms with Gasteiger partial charge in [0, 0.05) is 0 Å². The highest BCUT2D eigenvalue weighted by atomic mass is 16.5. The molecule has 152 valence electrons. The Bertz CT molecular complexity index is 588. The summed E-state index contributed by atoms with van der Waals surface area (Å²) < 4.78 is 23.9. The zero-order valence-corrected chi connectivity index (χ0v) is 16.7. The predicted octanol–water partition coefficient (Wildman–Crippen LogP) is 4.23. The summed E-state index contributed by atoms with van der Waals surface area (Å²) in [5.74, 6) is 2.74. The van der Waals surface area contributed by atoms with E-state index in [-0.39, 0.29) is 12.7 Å². The largest absolute Gasteiger partial charge is 0.490 e. The van der Waals surface area contributed by atoms with Crippen LogP contribution in [0, 0.1) is 5.92 Å². The Labute approximate surface area is 163 Å². The molecule has 5 nitrogen and oxygen atoms in total. The molecule has 1 aromatic carbocycles. The summed E-state index contributed by atoms with van der Waals surface area (Å²) in [6.45, 7) is 7.16. The number of aliphatic hydroxyl groups excluding tert-OH is 1. The molecule has 1 aromatic rings. The minimum absolute atomic E-state index is 0.0273. The molecule has 27 heavy (non-hydrogen) atoms. The Morgan fingerprint density at radius 1 is 1.00 bits per heavy atom. The lowest BCUT2D eigenvalue weighted by Crippen LogP contribution is -2.15. The SMILES string of the molecule is CCCOc1cc2c(cc1OCCC)C1CCCC1COC2COCCO. The summed E-state index contributed by atoms with van der Waals surface area (Å²) in [6.07, 6.45) is 5.47. The molecule has 0 spiro atoms. The fraction of sp³-hybridized carbons (Fsp3) is 0.727. The minimum Gasteiger partial charge on any atom is -0.490 e. The average Bonchev–Trinajstić information content (AvgIpc) is 3.10. The highest BCUT2D eigenvalue weighted by molar-refractivity contribution is 5.50. The smallest absolute Gasteiger partial charge is 0.161 e. The molecular formula is C22H34O5. The van der Waals surface area contributed by atoms with Crippen LogP contribution in [0.2, 0.25) is 0 Å². The van der Waals surface area contributed by atoms with Gasteiger partial charge in [0.2, 0.25) is 0 Å². The quantitative estimate of drug-likeness (QED) is 0.618. The van der Waals surface area contributed by atoms with Gasteiger partial charge in [-0.1, -0.05) is 20.3 Å². The molecule has 0 amide bonds. The molecule has 1 aliphatic carbocycles. The summed E-state index contributed by atoms with van der Waals surface area (Å²) >= 11 is 0. The first kappa shape index (κ1) is 20.4. The van der Waals surface area contributed by atoms with Crippen molar-refractivity contribution in [2.45, 2.75) is 58.0 Å². The van der Waals surface area contributed by atoms with Crippen molar-refractivity contribution >= 4 is 0 Å². The van der Waals surface area contributed by atoms with Gasteiger partial charge < -0.3 is 24.1 Å². The van der Waals surface area contributed by atoms with Gasteiger partial charge in [0.1, 0.15) is 6.10 Å². The highest BCUT2D eigenvalue weighted by Gasteiger charge is 2.36. The van der Waals surface area contributed by atoms with Crippen molar-refractivity contribution < 1.29 is 24.1 Å². The van der Waals surface area contributed by atoms with Gasteiger partial charge in [-0.15, -0.1) is 0 Å². The molecule has 3 atom stereocenters. The van der Waals surface area contributed by atoms with E-state index in [1.54, 1.807) is 0 Å². The normalized spacial score (nSPS) is 24.2. The maximum atomic E-state index is 9.04. The van der Waals surface area contributed by atoms with Crippen molar-refractivity contribution in [2.75, 3.05) is 39.6 Å². The average molecular weight is 379 g/mol. The lowest BCUT2D eigenvalue weighted by molar-refractivity contribution is -0.0330. The molecule has 0 bridgehead atoms. The topological polar surface area (TPSA) is 57.2 Å². The molecule has 1 fully saturated rings. The monoisotopic (exact) mass is 378 g/mol. The Morgan fingerprint density at radius 2 is 1.70 bits per heavy atom. The molecule has 2 aliphatic rings. The van der Waals surface area contributed by atoms with E-state index in [4.69, 9.17) is 24.1 Å². The maximum absolute atomic E-state index is 9.04. The van der Waals surface area contributed by atoms with E-state index in [9.17, 15) is 0 Å². The van der Waals surface area contributed by atoms with Crippen LogP contribution >= 0.6 is 0 Å². The predicted molar refractivity (Wildman–Crippen MR) is 105 cm³/mol. The third-order valence-electron chi connectivity index (χ3n) is 5.49. The van der Waals surface area contributed by atoms with Gasteiger partial charge in [-0.3, -0.25) is 0 Å². The summed E-state index contributed by atoms with van der Waals surface area (Å²) in [6, 6.07) is 4.32. The summed E-state index contributed by atoms with van der Waals surface area (Å²) in [5, 5.41) is 9.04. The summed E-state index contributed by atoms with van der Waals surface area (Å²) in [4.78, 5) is 0. The number of ether oxygens (including phenoxy) is 4. The second-order valence-corrected chi connectivity index (χ2v) is 7.54. The molecule has 3 rings (SSSR count). The fourth-order valence-electron chi connectivity index (χ4n) is 4.21. The molecule has 3 unspecified atom stereocenters. The summed E-state index contributed by atoms with van der Waals surface area (Å²) in [5.41, 5.74) is 2.50. The highest BCUT2D eigenvalue weighted by Crippen LogP contribution is 2.48. The van der Waals surface area contributed by atoms with Gasteiger partial charge in [0.05, 0.1) is 39.6 Å². The van der Waals surface area contributed by atoms with Crippen molar-refractivity contribution in [3.63, 3.8) is 0 Å². The zero-order chi connectivity index (χ0) is 19.1. The first-order valence-electron chi connectivity index (χ1n) is 10.5. The van der Waals surface area contributed by atoms with Crippen molar-refractivity contribution in [2.24, 2.45) is 5.92 Å². The number of hydrogen-bond acceptors (Lipinski definition) is 5. The Hall–Kier alpha value is -1.30. The van der Waals surface area contributed by atoms with Crippen LogP contribution in [-0.2, 0) is 9.47 Å². The lowest BCUT2D eigenvalue weighted by atomic mass is 9.86. The fourth-order valence-corrected chi connectivity index (χ4v) is 4.21. The van der Waals surface area contributed by atoms with Gasteiger partial charge in [0.25, 0.3) is 0 Å². The van der Waals surface area contributed by atoms with Crippen molar-refractivity contribution in [1.29, 1.82) is 0 Å². The molecule has 5 heteroatoms. The van der Waals surface area contributed by atoms with E-state index < -0.39 is 0 Å². The van der Waals surface area contributed by atoms with Gasteiger partial charge in [-0.2, -0.15) is 0 Å². The van der Waals surface area contributed by atoms with Gasteiger partial charge in [-0.05, 0) is 60.8 Å². The Morgan fingerprint density at radius 3 is 2.37 bits per heavy atom. The number of benzene rings is 1. The first-order chi connectivity index (χ1) is 13.3. The number of aliphatic hydroxyl groups is 1. The molecule has 1 aliphatic heterocycles. The van der Waals surface area contributed by atoms with Crippen LogP contribution in [0.25, 0.3) is 0 Å². The molecule has 0 radical (unpaired) electrons. The number of fused-ring (bicyclic) bond motifs is 3. The van der Waals surface area contributed by atoms with Crippen molar-refractivity contribution in [3.05, 3.63) is 23.3 Å². The van der Waals surface area contributed by atoms with Crippen LogP contribution < -0.4 is 9.47 Å². The van der Waals surface area contributed by atoms with Crippen molar-refractivity contribution in [1.82, 2.24) is 0 Å². The first-order valence-corrected chi connectivity index (χ1v) is 10.5. The van der Waals surface area contributed by atoms with Crippen molar-refractivity contribution in [3.8, 4) is 11.5 Å². The van der Waals surface area contributed by atoms with E-state index in [1.807, 2.05) is 0 Å². The molecular weight excluding hydrogens is 344 g/mol. The van der Waals surface area contributed by atoms with E-state index in [1.165, 1.54) is 24.8 Å². The number of hydrogen-bond donors (Lipinski definition) is 1. The van der Waals surface area contributed by atoms with E-state index in [0.29, 0.717) is 38.3 Å². The van der Waals surface area contributed by atoms with Gasteiger partial charge in [-0.25, -0.2) is 0 Å². The van der Waals surface area contributed by atoms with Crippen LogP contribution in [0.3, 0.4) is 0 Å². The Balaban J connectivity index is 1.95. The van der Waals surface area contributed by atoms with Crippen LogP contribution in [-0.4, -0.2) is 44.7 Å². The molecule has 1 N–H and O–H groups in total. The maximum Gasteiger partial charge on any atom is 0.161 e. The summed E-state index contributed by atoms with van der Waals surface area (Å²) in [7, 11) is 0. The molecule has 1 saturated carbocycles. The number of rotatable bonds is 10. The van der Waals surface area contributed by atoms with Crippen LogP contribution in [0.5, 0.6) is 11.5 Å². The van der Waals surface area contributed by atoms with Gasteiger partial charge in [0.15, 0.2) is 11.5 Å². The minimum atomic E-state index is -0.124. The lowest BCUT2D eigenvalue weighted by Gasteiger charge is -2.23. The van der Waals surface area contributed by atoms with E-state index in [0.717, 1.165) is 36.5 Å². The third kappa shape index (κ3) is 4.95. The molecule has 1 heterocycles. The van der Waals surface area contributed by atoms with Crippen LogP contribution in [0.4, 0.5) is 0 Å². The van der Waals surface area contributed by atoms with Gasteiger partial charge >= 0.3 is 0 Å². The standard InChI is InChI=1S/C22H34O5/c1-3-9-25-20-12-18-17-7-5-6-16(17)14-27-22(15-24-11-8-23)19(18)13-21(20)26-10-4-2/h12-13,16-17,22-23H,3-11,14-15H2,1-2H3. The Kier molecular flexibility index (Phi) is 7.80. The second-order valence-electron chi connectivity index (χ2n) is 7.54. The molecule has 0 aromatic heterocycles. The third-order valence-corrected chi connectivity index (χ3v) is 5.49.